The first-order valence-electron chi connectivity index (χ1n) is 3.56. The molecular weight excluding hydrogens is 219 g/mol. The van der Waals surface area contributed by atoms with Crippen molar-refractivity contribution < 1.29 is 18.0 Å². The number of pyridine rings is 1. The van der Waals surface area contributed by atoms with Crippen LogP contribution in [0.4, 0.5) is 13.2 Å². The van der Waals surface area contributed by atoms with E-state index in [0.29, 0.717) is 0 Å². The highest BCUT2D eigenvalue weighted by Crippen LogP contribution is 2.28. The third-order valence-electron chi connectivity index (χ3n) is 1.47. The molecule has 0 amide bonds. The Hall–Kier alpha value is -1.10. The van der Waals surface area contributed by atoms with Crippen molar-refractivity contribution in [1.82, 2.24) is 4.98 Å². The molecule has 0 radical (unpaired) electrons. The van der Waals surface area contributed by atoms with Crippen LogP contribution in [-0.4, -0.2) is 11.3 Å². The van der Waals surface area contributed by atoms with Gasteiger partial charge in [0, 0.05) is 5.88 Å². The molecule has 0 fully saturated rings. The molecule has 0 saturated carbocycles. The van der Waals surface area contributed by atoms with E-state index in [2.05, 4.69) is 4.98 Å². The Morgan fingerprint density at radius 1 is 1.43 bits per heavy atom. The van der Waals surface area contributed by atoms with Gasteiger partial charge in [0.2, 0.25) is 0 Å². The maximum Gasteiger partial charge on any atom is 0.433 e. The highest BCUT2D eigenvalue weighted by Gasteiger charge is 2.33. The number of hydrogen-bond acceptors (Lipinski definition) is 2. The van der Waals surface area contributed by atoms with Gasteiger partial charge in [-0.15, -0.1) is 11.6 Å². The minimum Gasteiger partial charge on any atom is -0.296 e. The molecule has 0 atom stereocenters. The molecule has 1 heterocycles. The topological polar surface area (TPSA) is 30.0 Å². The first-order valence-corrected chi connectivity index (χ1v) is 4.10. The second kappa shape index (κ2) is 3.96. The minimum atomic E-state index is -4.56. The smallest absolute Gasteiger partial charge is 0.296 e. The standard InChI is InChI=1S/C8H5ClF3NO/c9-3-5-1-6(4-14)13-7(2-5)8(10,11)12/h1-2,4H,3H2. The number of hydrogen-bond donors (Lipinski definition) is 0. The van der Waals surface area contributed by atoms with Crippen molar-refractivity contribution in [3.05, 3.63) is 29.1 Å². The number of rotatable bonds is 2. The molecule has 1 rings (SSSR count). The third kappa shape index (κ3) is 2.45. The first-order chi connectivity index (χ1) is 6.47. The third-order valence-corrected chi connectivity index (χ3v) is 1.78. The summed E-state index contributed by atoms with van der Waals surface area (Å²) in [6.07, 6.45) is -4.30. The lowest BCUT2D eigenvalue weighted by Gasteiger charge is -2.07. The van der Waals surface area contributed by atoms with Gasteiger partial charge in [-0.25, -0.2) is 4.98 Å². The van der Waals surface area contributed by atoms with Crippen LogP contribution in [0.15, 0.2) is 12.1 Å². The Morgan fingerprint density at radius 2 is 2.07 bits per heavy atom. The molecule has 2 nitrogen and oxygen atoms in total. The molecule has 76 valence electrons. The summed E-state index contributed by atoms with van der Waals surface area (Å²) in [6.45, 7) is 0. The Kier molecular flexibility index (Phi) is 3.10. The zero-order valence-electron chi connectivity index (χ0n) is 6.81. The van der Waals surface area contributed by atoms with E-state index in [1.54, 1.807) is 0 Å². The molecule has 0 saturated heterocycles. The first kappa shape index (κ1) is 11.0. The number of aldehydes is 1. The highest BCUT2D eigenvalue weighted by molar-refractivity contribution is 6.17. The van der Waals surface area contributed by atoms with Crippen molar-refractivity contribution in [2.45, 2.75) is 12.1 Å². The number of alkyl halides is 4. The number of carbonyl (C=O) groups excluding carboxylic acids is 1. The molecule has 14 heavy (non-hydrogen) atoms. The summed E-state index contributed by atoms with van der Waals surface area (Å²) in [6, 6.07) is 2.04. The molecule has 0 aliphatic rings. The van der Waals surface area contributed by atoms with Crippen LogP contribution in [0.1, 0.15) is 21.7 Å². The molecular formula is C8H5ClF3NO. The van der Waals surface area contributed by atoms with Crippen molar-refractivity contribution in [1.29, 1.82) is 0 Å². The van der Waals surface area contributed by atoms with Crippen LogP contribution in [0.3, 0.4) is 0 Å². The van der Waals surface area contributed by atoms with Crippen molar-refractivity contribution in [3.8, 4) is 0 Å². The molecule has 0 aliphatic heterocycles. The molecule has 0 spiro atoms. The summed E-state index contributed by atoms with van der Waals surface area (Å²) < 4.78 is 36.6. The second-order valence-electron chi connectivity index (χ2n) is 2.53. The van der Waals surface area contributed by atoms with Crippen LogP contribution in [0.5, 0.6) is 0 Å². The van der Waals surface area contributed by atoms with E-state index in [-0.39, 0.29) is 23.4 Å². The maximum absolute atomic E-state index is 12.2. The molecule has 1 aromatic heterocycles. The Morgan fingerprint density at radius 3 is 2.50 bits per heavy atom. The molecule has 6 heteroatoms. The van der Waals surface area contributed by atoms with Crippen LogP contribution < -0.4 is 0 Å². The summed E-state index contributed by atoms with van der Waals surface area (Å²) >= 11 is 5.37. The van der Waals surface area contributed by atoms with E-state index < -0.39 is 11.9 Å². The van der Waals surface area contributed by atoms with Gasteiger partial charge in [0.15, 0.2) is 6.29 Å². The van der Waals surface area contributed by atoms with Crippen molar-refractivity contribution >= 4 is 17.9 Å². The van der Waals surface area contributed by atoms with E-state index in [0.717, 1.165) is 6.07 Å². The molecule has 1 aromatic rings. The summed E-state index contributed by atoms with van der Waals surface area (Å²) in [5.74, 6) is -0.0908. The number of carbonyl (C=O) groups is 1. The largest absolute Gasteiger partial charge is 0.433 e. The van der Waals surface area contributed by atoms with E-state index in [1.807, 2.05) is 0 Å². The molecule has 0 N–H and O–H groups in total. The monoisotopic (exact) mass is 223 g/mol. The van der Waals surface area contributed by atoms with Gasteiger partial charge in [-0.2, -0.15) is 13.2 Å². The van der Waals surface area contributed by atoms with E-state index in [1.165, 1.54) is 6.07 Å². The molecule has 0 aliphatic carbocycles. The fraction of sp³-hybridized carbons (Fsp3) is 0.250. The highest BCUT2D eigenvalue weighted by atomic mass is 35.5. The summed E-state index contributed by atoms with van der Waals surface area (Å²) in [5.41, 5.74) is -1.15. The van der Waals surface area contributed by atoms with Crippen LogP contribution in [0.25, 0.3) is 0 Å². The second-order valence-corrected chi connectivity index (χ2v) is 2.80. The molecule has 0 bridgehead atoms. The zero-order valence-corrected chi connectivity index (χ0v) is 7.56. The maximum atomic E-state index is 12.2. The van der Waals surface area contributed by atoms with Crippen molar-refractivity contribution in [2.24, 2.45) is 0 Å². The average molecular weight is 224 g/mol. The van der Waals surface area contributed by atoms with Crippen molar-refractivity contribution in [3.63, 3.8) is 0 Å². The summed E-state index contributed by atoms with van der Waals surface area (Å²) in [4.78, 5) is 13.4. The fourth-order valence-corrected chi connectivity index (χ4v) is 1.05. The van der Waals surface area contributed by atoms with Crippen LogP contribution >= 0.6 is 11.6 Å². The lowest BCUT2D eigenvalue weighted by molar-refractivity contribution is -0.141. The lowest BCUT2D eigenvalue weighted by atomic mass is 10.2. The normalized spacial score (nSPS) is 11.4. The van der Waals surface area contributed by atoms with Gasteiger partial charge >= 0.3 is 6.18 Å². The molecule has 0 aromatic carbocycles. The van der Waals surface area contributed by atoms with Gasteiger partial charge in [0.1, 0.15) is 11.4 Å². The SMILES string of the molecule is O=Cc1cc(CCl)cc(C(F)(F)F)n1. The predicted octanol–water partition coefficient (Wildman–Crippen LogP) is 2.65. The summed E-state index contributed by atoms with van der Waals surface area (Å²) in [5, 5.41) is 0. The van der Waals surface area contributed by atoms with Gasteiger partial charge in [-0.1, -0.05) is 0 Å². The average Bonchev–Trinajstić information content (AvgIpc) is 2.15. The van der Waals surface area contributed by atoms with Crippen LogP contribution in [0.2, 0.25) is 0 Å². The number of halogens is 4. The number of aromatic nitrogens is 1. The van der Waals surface area contributed by atoms with Gasteiger partial charge in [-0.05, 0) is 17.7 Å². The van der Waals surface area contributed by atoms with E-state index in [4.69, 9.17) is 11.6 Å². The van der Waals surface area contributed by atoms with Gasteiger partial charge in [0.25, 0.3) is 0 Å². The molecule has 0 unspecified atom stereocenters. The van der Waals surface area contributed by atoms with Crippen LogP contribution in [-0.2, 0) is 12.1 Å². The van der Waals surface area contributed by atoms with E-state index >= 15 is 0 Å². The fourth-order valence-electron chi connectivity index (χ4n) is 0.894. The van der Waals surface area contributed by atoms with E-state index in [9.17, 15) is 18.0 Å². The van der Waals surface area contributed by atoms with Gasteiger partial charge in [-0.3, -0.25) is 4.79 Å². The summed E-state index contributed by atoms with van der Waals surface area (Å²) in [7, 11) is 0. The quantitative estimate of drug-likeness (QED) is 0.570. The van der Waals surface area contributed by atoms with Gasteiger partial charge < -0.3 is 0 Å². The Labute approximate surface area is 82.7 Å². The van der Waals surface area contributed by atoms with Crippen molar-refractivity contribution in [2.75, 3.05) is 0 Å². The minimum absolute atomic E-state index is 0.0908. The zero-order chi connectivity index (χ0) is 10.8. The van der Waals surface area contributed by atoms with Gasteiger partial charge in [0.05, 0.1) is 0 Å². The van der Waals surface area contributed by atoms with Crippen LogP contribution in [0, 0.1) is 0 Å². The predicted molar refractivity (Wildman–Crippen MR) is 44.2 cm³/mol. The number of nitrogens with zero attached hydrogens (tertiary/aromatic N) is 1. The Balaban J connectivity index is 3.24. The lowest BCUT2D eigenvalue weighted by Crippen LogP contribution is -2.10. The Bertz CT molecular complexity index is 351.